The average molecular weight is 466 g/mol. The van der Waals surface area contributed by atoms with Crippen LogP contribution in [0.1, 0.15) is 35.4 Å². The molecule has 2 aromatic rings. The Labute approximate surface area is 195 Å². The Bertz CT molecular complexity index is 1290. The van der Waals surface area contributed by atoms with Crippen molar-refractivity contribution in [1.29, 1.82) is 5.26 Å². The molecule has 0 saturated heterocycles. The highest BCUT2D eigenvalue weighted by Crippen LogP contribution is 2.38. The molecule has 2 aliphatic rings. The highest BCUT2D eigenvalue weighted by Gasteiger charge is 2.36. The summed E-state index contributed by atoms with van der Waals surface area (Å²) in [6.07, 6.45) is -2.41. The lowest BCUT2D eigenvalue weighted by Gasteiger charge is -2.32. The van der Waals surface area contributed by atoms with Crippen LogP contribution < -0.4 is 11.1 Å². The second-order valence-electron chi connectivity index (χ2n) is 8.40. The van der Waals surface area contributed by atoms with Gasteiger partial charge in [0.15, 0.2) is 6.17 Å². The van der Waals surface area contributed by atoms with E-state index in [0.29, 0.717) is 34.8 Å². The smallest absolute Gasteiger partial charge is 0.263 e. The number of halogens is 2. The number of hydrogen-bond donors (Lipinski definition) is 3. The van der Waals surface area contributed by atoms with Gasteiger partial charge >= 0.3 is 0 Å². The third-order valence-corrected chi connectivity index (χ3v) is 6.18. The lowest BCUT2D eigenvalue weighted by Crippen LogP contribution is -2.38. The molecular weight excluding hydrogens is 442 g/mol. The predicted molar refractivity (Wildman–Crippen MR) is 122 cm³/mol. The molecule has 1 aliphatic heterocycles. The van der Waals surface area contributed by atoms with Gasteiger partial charge in [-0.2, -0.15) is 10.4 Å². The minimum atomic E-state index is -1.85. The van der Waals surface area contributed by atoms with Crippen molar-refractivity contribution in [1.82, 2.24) is 9.78 Å². The van der Waals surface area contributed by atoms with Crippen molar-refractivity contribution in [3.63, 3.8) is 0 Å². The second-order valence-corrected chi connectivity index (χ2v) is 8.40. The van der Waals surface area contributed by atoms with Crippen LogP contribution in [0, 0.1) is 31.1 Å². The number of aryl methyl sites for hydroxylation is 1. The maximum atomic E-state index is 14.0. The molecule has 4 N–H and O–H groups in total. The number of nitrogens with zero attached hydrogens (tertiary/aromatic N) is 4. The summed E-state index contributed by atoms with van der Waals surface area (Å²) in [5.41, 5.74) is 9.18. The first kappa shape index (κ1) is 23.3. The normalized spacial score (nSPS) is 20.7. The molecule has 4 rings (SSSR count). The molecule has 2 heterocycles. The zero-order valence-corrected chi connectivity index (χ0v) is 18.7. The number of carbonyl (C=O) groups excluding carboxylic acids is 1. The summed E-state index contributed by atoms with van der Waals surface area (Å²) in [7, 11) is 0. The second kappa shape index (κ2) is 9.19. The van der Waals surface area contributed by atoms with Gasteiger partial charge in [0.2, 0.25) is 0 Å². The van der Waals surface area contributed by atoms with Crippen LogP contribution in [-0.2, 0) is 11.3 Å². The number of aliphatic hydroxyl groups is 1. The summed E-state index contributed by atoms with van der Waals surface area (Å²) in [6, 6.07) is 9.37. The maximum absolute atomic E-state index is 14.0. The van der Waals surface area contributed by atoms with E-state index in [-0.39, 0.29) is 24.3 Å². The SMILES string of the molecule is Cc1nn(Cc2ccccc2C#N)c(C)c1NC(O)C1CC(C(N)=O)=NC2=C1C=C(F)C(F)C2. The molecule has 0 saturated carbocycles. The fourth-order valence-electron chi connectivity index (χ4n) is 4.34. The number of rotatable bonds is 6. The van der Waals surface area contributed by atoms with Crippen LogP contribution in [0.2, 0.25) is 0 Å². The number of amides is 1. The molecule has 3 atom stereocenters. The molecule has 0 fully saturated rings. The lowest BCUT2D eigenvalue weighted by atomic mass is 9.83. The van der Waals surface area contributed by atoms with Gasteiger partial charge in [-0.05, 0) is 37.1 Å². The number of hydrogen-bond acceptors (Lipinski definition) is 6. The summed E-state index contributed by atoms with van der Waals surface area (Å²) in [6.45, 7) is 3.95. The van der Waals surface area contributed by atoms with E-state index < -0.39 is 30.1 Å². The molecule has 3 unspecified atom stereocenters. The number of primary amides is 1. The fraction of sp³-hybridized carbons (Fsp3) is 0.333. The summed E-state index contributed by atoms with van der Waals surface area (Å²) in [5, 5.41) is 28.0. The highest BCUT2D eigenvalue weighted by molar-refractivity contribution is 6.38. The van der Waals surface area contributed by atoms with Gasteiger partial charge in [0.1, 0.15) is 17.8 Å². The first-order valence-electron chi connectivity index (χ1n) is 10.8. The molecule has 1 amide bonds. The van der Waals surface area contributed by atoms with E-state index in [2.05, 4.69) is 21.5 Å². The fourth-order valence-corrected chi connectivity index (χ4v) is 4.34. The quantitative estimate of drug-likeness (QED) is 0.564. The summed E-state index contributed by atoms with van der Waals surface area (Å²) in [4.78, 5) is 15.9. The molecule has 8 nitrogen and oxygen atoms in total. The van der Waals surface area contributed by atoms with Crippen LogP contribution in [0.25, 0.3) is 0 Å². The number of alkyl halides is 1. The van der Waals surface area contributed by atoms with Gasteiger partial charge in [-0.1, -0.05) is 18.2 Å². The molecule has 0 bridgehead atoms. The van der Waals surface area contributed by atoms with Crippen LogP contribution >= 0.6 is 0 Å². The summed E-state index contributed by atoms with van der Waals surface area (Å²) < 4.78 is 29.7. The standard InChI is InChI=1S/C24H24F2N6O2/c1-12-22(13(2)32(31-12)11-15-6-4-3-5-14(15)10-27)30-24(34)17-8-21(23(28)33)29-20-9-19(26)18(25)7-16(17)20/h3-7,17,19,24,30,34H,8-9,11H2,1-2H3,(H2,28,33). The first-order chi connectivity index (χ1) is 16.2. The molecule has 10 heteroatoms. The monoisotopic (exact) mass is 466 g/mol. The third-order valence-electron chi connectivity index (χ3n) is 6.18. The Kier molecular flexibility index (Phi) is 6.30. The number of aliphatic hydroxyl groups excluding tert-OH is 1. The Morgan fingerprint density at radius 2 is 2.12 bits per heavy atom. The number of aromatic nitrogens is 2. The molecule has 0 spiro atoms. The first-order valence-corrected chi connectivity index (χ1v) is 10.8. The number of carbonyl (C=O) groups is 1. The largest absolute Gasteiger partial charge is 0.373 e. The minimum absolute atomic E-state index is 0.00441. The van der Waals surface area contributed by atoms with Crippen LogP contribution in [0.15, 0.2) is 52.4 Å². The van der Waals surface area contributed by atoms with E-state index >= 15 is 0 Å². The van der Waals surface area contributed by atoms with Gasteiger partial charge in [-0.15, -0.1) is 0 Å². The minimum Gasteiger partial charge on any atom is -0.373 e. The number of nitriles is 1. The van der Waals surface area contributed by atoms with Crippen molar-refractivity contribution in [3.8, 4) is 6.07 Å². The van der Waals surface area contributed by atoms with E-state index in [1.54, 1.807) is 23.7 Å². The van der Waals surface area contributed by atoms with Gasteiger partial charge in [-0.3, -0.25) is 14.5 Å². The van der Waals surface area contributed by atoms with Crippen molar-refractivity contribution in [2.75, 3.05) is 5.32 Å². The van der Waals surface area contributed by atoms with E-state index in [9.17, 15) is 23.9 Å². The van der Waals surface area contributed by atoms with Crippen molar-refractivity contribution >= 4 is 17.3 Å². The van der Waals surface area contributed by atoms with Crippen molar-refractivity contribution in [3.05, 3.63) is 70.0 Å². The van der Waals surface area contributed by atoms with E-state index in [4.69, 9.17) is 5.73 Å². The predicted octanol–water partition coefficient (Wildman–Crippen LogP) is 2.95. The van der Waals surface area contributed by atoms with Gasteiger partial charge < -0.3 is 16.2 Å². The van der Waals surface area contributed by atoms with Crippen molar-refractivity contribution < 1.29 is 18.7 Å². The molecule has 0 radical (unpaired) electrons. The van der Waals surface area contributed by atoms with E-state index in [1.165, 1.54) is 0 Å². The Morgan fingerprint density at radius 3 is 2.82 bits per heavy atom. The molecule has 176 valence electrons. The van der Waals surface area contributed by atoms with E-state index in [0.717, 1.165) is 11.6 Å². The Hall–Kier alpha value is -3.84. The Morgan fingerprint density at radius 1 is 1.38 bits per heavy atom. The van der Waals surface area contributed by atoms with Crippen LogP contribution in [0.4, 0.5) is 14.5 Å². The topological polar surface area (TPSA) is 129 Å². The molecule has 1 aliphatic carbocycles. The lowest BCUT2D eigenvalue weighted by molar-refractivity contribution is -0.112. The van der Waals surface area contributed by atoms with Crippen LogP contribution in [-0.4, -0.2) is 38.9 Å². The molecule has 34 heavy (non-hydrogen) atoms. The highest BCUT2D eigenvalue weighted by atomic mass is 19.2. The average Bonchev–Trinajstić information content (AvgIpc) is 3.06. The number of nitrogens with one attached hydrogen (secondary N) is 1. The molecular formula is C24H24F2N6O2. The van der Waals surface area contributed by atoms with E-state index in [1.807, 2.05) is 19.1 Å². The van der Waals surface area contributed by atoms with Gasteiger partial charge in [0.05, 0.1) is 35.3 Å². The van der Waals surface area contributed by atoms with Crippen molar-refractivity contribution in [2.24, 2.45) is 16.6 Å². The number of allylic oxidation sites excluding steroid dienone is 3. The summed E-state index contributed by atoms with van der Waals surface area (Å²) >= 11 is 0. The van der Waals surface area contributed by atoms with Crippen LogP contribution in [0.5, 0.6) is 0 Å². The zero-order chi connectivity index (χ0) is 24.6. The van der Waals surface area contributed by atoms with Gasteiger partial charge in [0.25, 0.3) is 5.91 Å². The number of aliphatic imine (C=N–C) groups is 1. The Balaban J connectivity index is 1.61. The van der Waals surface area contributed by atoms with Gasteiger partial charge in [0, 0.05) is 24.5 Å². The maximum Gasteiger partial charge on any atom is 0.263 e. The third kappa shape index (κ3) is 4.34. The molecule has 1 aromatic carbocycles. The summed E-state index contributed by atoms with van der Waals surface area (Å²) in [5.74, 6) is -2.48. The number of nitrogens with two attached hydrogens (primary N) is 1. The van der Waals surface area contributed by atoms with Crippen molar-refractivity contribution in [2.45, 2.75) is 45.6 Å². The van der Waals surface area contributed by atoms with Crippen LogP contribution in [0.3, 0.4) is 0 Å². The number of benzene rings is 1. The zero-order valence-electron chi connectivity index (χ0n) is 18.7. The van der Waals surface area contributed by atoms with Gasteiger partial charge in [-0.25, -0.2) is 8.78 Å². The molecule has 1 aromatic heterocycles. The number of anilines is 1.